The first-order chi connectivity index (χ1) is 12.5. The fourth-order valence-corrected chi connectivity index (χ4v) is 3.43. The average Bonchev–Trinajstić information content (AvgIpc) is 2.72. The largest absolute Gasteiger partial charge is 0.461 e. The number of rotatable bonds is 4. The molecule has 0 spiro atoms. The second kappa shape index (κ2) is 7.86. The number of fused-ring (bicyclic) bond motifs is 1. The van der Waals surface area contributed by atoms with Crippen molar-refractivity contribution >= 4 is 23.3 Å². The van der Waals surface area contributed by atoms with Crippen LogP contribution in [0.4, 0.5) is 15.8 Å². The van der Waals surface area contributed by atoms with Gasteiger partial charge in [-0.15, -0.1) is 0 Å². The molecule has 1 fully saturated rings. The van der Waals surface area contributed by atoms with Crippen LogP contribution in [-0.2, 0) is 14.3 Å². The zero-order valence-corrected chi connectivity index (χ0v) is 15.1. The van der Waals surface area contributed by atoms with Crippen LogP contribution in [0.25, 0.3) is 0 Å². The van der Waals surface area contributed by atoms with Crippen LogP contribution in [0, 0.1) is 11.7 Å². The van der Waals surface area contributed by atoms with E-state index in [-0.39, 0.29) is 12.3 Å². The Kier molecular flexibility index (Phi) is 5.56. The summed E-state index contributed by atoms with van der Waals surface area (Å²) < 4.78 is 18.7. The number of benzene rings is 1. The predicted octanol–water partition coefficient (Wildman–Crippen LogP) is 2.74. The topological polar surface area (TPSA) is 70.7 Å². The Morgan fingerprint density at radius 2 is 2.15 bits per heavy atom. The van der Waals surface area contributed by atoms with E-state index in [1.807, 2.05) is 0 Å². The van der Waals surface area contributed by atoms with E-state index in [9.17, 15) is 14.0 Å². The Balaban J connectivity index is 1.95. The maximum atomic E-state index is 13.6. The standard InChI is InChI=1S/C19H24FN3O3/c1-3-26-19(25)17-14(11-23-8-4-5-12(2)10-23)18(24)22-16-9-13(20)6-7-15(16)21-17/h6-7,9,12,21H,3-5,8,10-11H2,1-2H3,(H,22,24). The molecule has 26 heavy (non-hydrogen) atoms. The number of ether oxygens (including phenoxy) is 1. The summed E-state index contributed by atoms with van der Waals surface area (Å²) in [5.41, 5.74) is 1.20. The summed E-state index contributed by atoms with van der Waals surface area (Å²) >= 11 is 0. The highest BCUT2D eigenvalue weighted by Crippen LogP contribution is 2.29. The number of esters is 1. The van der Waals surface area contributed by atoms with Crippen LogP contribution in [0.1, 0.15) is 26.7 Å². The molecule has 6 nitrogen and oxygen atoms in total. The minimum absolute atomic E-state index is 0.118. The first-order valence-electron chi connectivity index (χ1n) is 8.98. The van der Waals surface area contributed by atoms with Gasteiger partial charge in [-0.3, -0.25) is 9.69 Å². The lowest BCUT2D eigenvalue weighted by molar-refractivity contribution is -0.138. The summed E-state index contributed by atoms with van der Waals surface area (Å²) in [6.07, 6.45) is 2.22. The van der Waals surface area contributed by atoms with Gasteiger partial charge in [0.25, 0.3) is 5.91 Å². The molecule has 1 aromatic carbocycles. The fraction of sp³-hybridized carbons (Fsp3) is 0.474. The van der Waals surface area contributed by atoms with Gasteiger partial charge < -0.3 is 15.4 Å². The highest BCUT2D eigenvalue weighted by molar-refractivity contribution is 6.13. The van der Waals surface area contributed by atoms with Crippen molar-refractivity contribution < 1.29 is 18.7 Å². The van der Waals surface area contributed by atoms with Crippen LogP contribution in [-0.4, -0.2) is 43.0 Å². The van der Waals surface area contributed by atoms with Crippen LogP contribution in [0.3, 0.4) is 0 Å². The number of amides is 1. The lowest BCUT2D eigenvalue weighted by Crippen LogP contribution is -2.38. The third-order valence-electron chi connectivity index (χ3n) is 4.67. The molecule has 0 aromatic heterocycles. The molecule has 1 aromatic rings. The smallest absolute Gasteiger partial charge is 0.355 e. The number of hydrogen-bond donors (Lipinski definition) is 2. The van der Waals surface area contributed by atoms with E-state index in [1.165, 1.54) is 18.2 Å². The average molecular weight is 361 g/mol. The zero-order chi connectivity index (χ0) is 18.7. The number of nitrogens with zero attached hydrogens (tertiary/aromatic N) is 1. The molecule has 0 saturated carbocycles. The molecule has 0 bridgehead atoms. The van der Waals surface area contributed by atoms with Crippen molar-refractivity contribution in [2.45, 2.75) is 26.7 Å². The summed E-state index contributed by atoms with van der Waals surface area (Å²) in [6.45, 7) is 6.18. The van der Waals surface area contributed by atoms with Crippen molar-refractivity contribution in [2.75, 3.05) is 36.9 Å². The van der Waals surface area contributed by atoms with Crippen molar-refractivity contribution in [3.05, 3.63) is 35.3 Å². The van der Waals surface area contributed by atoms with Gasteiger partial charge in [0.2, 0.25) is 0 Å². The number of carbonyl (C=O) groups excluding carboxylic acids is 2. The quantitative estimate of drug-likeness (QED) is 0.807. The first kappa shape index (κ1) is 18.4. The fourth-order valence-electron chi connectivity index (χ4n) is 3.43. The molecule has 2 aliphatic heterocycles. The van der Waals surface area contributed by atoms with E-state index >= 15 is 0 Å². The van der Waals surface area contributed by atoms with Crippen LogP contribution >= 0.6 is 0 Å². The second-order valence-electron chi connectivity index (χ2n) is 6.83. The Morgan fingerprint density at radius 3 is 2.88 bits per heavy atom. The minimum Gasteiger partial charge on any atom is -0.461 e. The first-order valence-corrected chi connectivity index (χ1v) is 8.98. The molecule has 2 N–H and O–H groups in total. The minimum atomic E-state index is -0.583. The van der Waals surface area contributed by atoms with E-state index in [2.05, 4.69) is 22.5 Å². The van der Waals surface area contributed by atoms with Crippen molar-refractivity contribution in [3.8, 4) is 0 Å². The number of anilines is 2. The Bertz CT molecular complexity index is 748. The van der Waals surface area contributed by atoms with Crippen molar-refractivity contribution in [3.63, 3.8) is 0 Å². The monoisotopic (exact) mass is 361 g/mol. The van der Waals surface area contributed by atoms with Crippen LogP contribution < -0.4 is 10.6 Å². The predicted molar refractivity (Wildman–Crippen MR) is 97.1 cm³/mol. The molecule has 0 radical (unpaired) electrons. The third-order valence-corrected chi connectivity index (χ3v) is 4.67. The molecule has 7 heteroatoms. The van der Waals surface area contributed by atoms with Gasteiger partial charge in [-0.05, 0) is 50.4 Å². The van der Waals surface area contributed by atoms with Gasteiger partial charge in [-0.1, -0.05) is 6.92 Å². The lowest BCUT2D eigenvalue weighted by atomic mass is 9.99. The third kappa shape index (κ3) is 4.04. The molecular formula is C19H24FN3O3. The molecule has 1 saturated heterocycles. The number of likely N-dealkylation sites (tertiary alicyclic amines) is 1. The SMILES string of the molecule is CCOC(=O)C1=C(CN2CCCC(C)C2)C(=O)Nc2cc(F)ccc2N1. The van der Waals surface area contributed by atoms with Gasteiger partial charge in [0, 0.05) is 13.1 Å². The number of piperidine rings is 1. The van der Waals surface area contributed by atoms with E-state index in [0.29, 0.717) is 29.4 Å². The Morgan fingerprint density at radius 1 is 1.35 bits per heavy atom. The molecule has 2 aliphatic rings. The number of nitrogens with one attached hydrogen (secondary N) is 2. The van der Waals surface area contributed by atoms with Gasteiger partial charge in [0.15, 0.2) is 0 Å². The van der Waals surface area contributed by atoms with Crippen molar-refractivity contribution in [1.82, 2.24) is 4.90 Å². The van der Waals surface area contributed by atoms with E-state index in [1.54, 1.807) is 6.92 Å². The Hall–Kier alpha value is -2.41. The lowest BCUT2D eigenvalue weighted by Gasteiger charge is -2.31. The summed E-state index contributed by atoms with van der Waals surface area (Å²) in [5, 5.41) is 5.69. The Labute approximate surface area is 152 Å². The highest BCUT2D eigenvalue weighted by Gasteiger charge is 2.29. The molecule has 1 unspecified atom stereocenters. The maximum absolute atomic E-state index is 13.6. The van der Waals surface area contributed by atoms with E-state index < -0.39 is 17.7 Å². The molecule has 1 atom stereocenters. The number of carbonyl (C=O) groups is 2. The van der Waals surface area contributed by atoms with Crippen LogP contribution in [0.5, 0.6) is 0 Å². The molecule has 0 aliphatic carbocycles. The maximum Gasteiger partial charge on any atom is 0.355 e. The van der Waals surface area contributed by atoms with E-state index in [0.717, 1.165) is 25.9 Å². The van der Waals surface area contributed by atoms with Crippen molar-refractivity contribution in [2.24, 2.45) is 5.92 Å². The number of hydrogen-bond acceptors (Lipinski definition) is 5. The summed E-state index contributed by atoms with van der Waals surface area (Å²) in [4.78, 5) is 27.4. The summed E-state index contributed by atoms with van der Waals surface area (Å²) in [7, 11) is 0. The molecule has 3 rings (SSSR count). The summed E-state index contributed by atoms with van der Waals surface area (Å²) in [5.74, 6) is -0.914. The normalized spacial score (nSPS) is 20.7. The molecule has 2 heterocycles. The zero-order valence-electron chi connectivity index (χ0n) is 15.1. The van der Waals surface area contributed by atoms with Crippen LogP contribution in [0.15, 0.2) is 29.5 Å². The van der Waals surface area contributed by atoms with E-state index in [4.69, 9.17) is 4.74 Å². The van der Waals surface area contributed by atoms with Crippen LogP contribution in [0.2, 0.25) is 0 Å². The summed E-state index contributed by atoms with van der Waals surface area (Å²) in [6, 6.07) is 4.00. The molecular weight excluding hydrogens is 337 g/mol. The van der Waals surface area contributed by atoms with Crippen molar-refractivity contribution in [1.29, 1.82) is 0 Å². The van der Waals surface area contributed by atoms with Gasteiger partial charge in [-0.25, -0.2) is 9.18 Å². The molecule has 140 valence electrons. The van der Waals surface area contributed by atoms with Gasteiger partial charge in [0.1, 0.15) is 11.5 Å². The van der Waals surface area contributed by atoms with Gasteiger partial charge in [0.05, 0.1) is 23.6 Å². The molecule has 1 amide bonds. The van der Waals surface area contributed by atoms with Gasteiger partial charge >= 0.3 is 5.97 Å². The highest BCUT2D eigenvalue weighted by atomic mass is 19.1. The van der Waals surface area contributed by atoms with Gasteiger partial charge in [-0.2, -0.15) is 0 Å². The number of halogens is 1. The second-order valence-corrected chi connectivity index (χ2v) is 6.83.